The Hall–Kier alpha value is -0.770. The van der Waals surface area contributed by atoms with Crippen LogP contribution in [0.15, 0.2) is 4.99 Å². The fraction of sp³-hybridized carbons (Fsp3) is 0.889. The standard InChI is InChI=1S/C9H19N3O/c1-3-5-11-9(10)12(2)8-4-6-13-7-8/h8H,3-7H2,1-2H3,(H2,10,11). The molecule has 1 atom stereocenters. The van der Waals surface area contributed by atoms with Gasteiger partial charge in [0, 0.05) is 20.2 Å². The molecule has 1 rings (SSSR count). The quantitative estimate of drug-likeness (QED) is 0.512. The normalized spacial score (nSPS) is 23.5. The second kappa shape index (κ2) is 5.07. The van der Waals surface area contributed by atoms with E-state index in [1.165, 1.54) is 0 Å². The Balaban J connectivity index is 2.40. The molecule has 0 spiro atoms. The van der Waals surface area contributed by atoms with Gasteiger partial charge in [0.05, 0.1) is 12.6 Å². The summed E-state index contributed by atoms with van der Waals surface area (Å²) < 4.78 is 5.28. The molecule has 76 valence electrons. The van der Waals surface area contributed by atoms with Crippen LogP contribution in [-0.2, 0) is 4.74 Å². The average Bonchev–Trinajstić information content (AvgIpc) is 2.65. The Bertz CT molecular complexity index is 176. The van der Waals surface area contributed by atoms with Gasteiger partial charge in [0.2, 0.25) is 0 Å². The fourth-order valence-corrected chi connectivity index (χ4v) is 1.35. The van der Waals surface area contributed by atoms with Crippen LogP contribution in [0.25, 0.3) is 0 Å². The zero-order valence-electron chi connectivity index (χ0n) is 8.49. The molecule has 0 amide bonds. The van der Waals surface area contributed by atoms with E-state index in [0.717, 1.165) is 32.6 Å². The summed E-state index contributed by atoms with van der Waals surface area (Å²) in [6.45, 7) is 4.52. The Kier molecular flexibility index (Phi) is 4.02. The van der Waals surface area contributed by atoms with Crippen molar-refractivity contribution in [3.8, 4) is 0 Å². The van der Waals surface area contributed by atoms with Gasteiger partial charge < -0.3 is 15.4 Å². The van der Waals surface area contributed by atoms with Crippen molar-refractivity contribution in [1.82, 2.24) is 4.90 Å². The van der Waals surface area contributed by atoms with Crippen molar-refractivity contribution in [1.29, 1.82) is 0 Å². The van der Waals surface area contributed by atoms with E-state index >= 15 is 0 Å². The Morgan fingerprint density at radius 2 is 2.46 bits per heavy atom. The highest BCUT2D eigenvalue weighted by molar-refractivity contribution is 5.78. The highest BCUT2D eigenvalue weighted by Gasteiger charge is 2.21. The smallest absolute Gasteiger partial charge is 0.191 e. The van der Waals surface area contributed by atoms with E-state index < -0.39 is 0 Å². The molecule has 0 radical (unpaired) electrons. The molecule has 0 aromatic carbocycles. The molecule has 2 N–H and O–H groups in total. The molecule has 13 heavy (non-hydrogen) atoms. The highest BCUT2D eigenvalue weighted by atomic mass is 16.5. The molecular weight excluding hydrogens is 166 g/mol. The number of aliphatic imine (C=N–C) groups is 1. The summed E-state index contributed by atoms with van der Waals surface area (Å²) in [5, 5.41) is 0. The van der Waals surface area contributed by atoms with Crippen LogP contribution in [0.2, 0.25) is 0 Å². The summed E-state index contributed by atoms with van der Waals surface area (Å²) in [7, 11) is 1.98. The van der Waals surface area contributed by atoms with Crippen LogP contribution in [0.3, 0.4) is 0 Å². The SMILES string of the molecule is CCCN=C(N)N(C)C1CCOC1. The maximum absolute atomic E-state index is 5.80. The molecule has 0 aromatic heterocycles. The van der Waals surface area contributed by atoms with Gasteiger partial charge in [-0.2, -0.15) is 0 Å². The van der Waals surface area contributed by atoms with Crippen molar-refractivity contribution >= 4 is 5.96 Å². The van der Waals surface area contributed by atoms with Crippen molar-refractivity contribution in [2.75, 3.05) is 26.8 Å². The first kappa shape index (κ1) is 10.3. The lowest BCUT2D eigenvalue weighted by Crippen LogP contribution is -2.42. The number of nitrogens with zero attached hydrogens (tertiary/aromatic N) is 2. The largest absolute Gasteiger partial charge is 0.379 e. The first-order valence-electron chi connectivity index (χ1n) is 4.86. The lowest BCUT2D eigenvalue weighted by Gasteiger charge is -2.23. The molecule has 1 fully saturated rings. The van der Waals surface area contributed by atoms with Crippen molar-refractivity contribution in [2.45, 2.75) is 25.8 Å². The first-order valence-corrected chi connectivity index (χ1v) is 4.86. The van der Waals surface area contributed by atoms with Gasteiger partial charge in [-0.05, 0) is 12.8 Å². The van der Waals surface area contributed by atoms with Crippen molar-refractivity contribution in [3.05, 3.63) is 0 Å². The zero-order valence-corrected chi connectivity index (χ0v) is 8.49. The molecule has 0 saturated carbocycles. The third kappa shape index (κ3) is 2.88. The third-order valence-electron chi connectivity index (χ3n) is 2.31. The van der Waals surface area contributed by atoms with Crippen LogP contribution in [-0.4, -0.2) is 43.7 Å². The van der Waals surface area contributed by atoms with E-state index in [1.807, 2.05) is 11.9 Å². The summed E-state index contributed by atoms with van der Waals surface area (Å²) >= 11 is 0. The lowest BCUT2D eigenvalue weighted by molar-refractivity contribution is 0.179. The molecule has 0 bridgehead atoms. The van der Waals surface area contributed by atoms with Crippen molar-refractivity contribution in [3.63, 3.8) is 0 Å². The molecule has 0 aromatic rings. The first-order chi connectivity index (χ1) is 6.25. The van der Waals surface area contributed by atoms with Crippen molar-refractivity contribution in [2.24, 2.45) is 10.7 Å². The number of rotatable bonds is 3. The van der Waals surface area contributed by atoms with Crippen LogP contribution in [0.4, 0.5) is 0 Å². The number of ether oxygens (including phenoxy) is 1. The minimum atomic E-state index is 0.417. The van der Waals surface area contributed by atoms with E-state index in [-0.39, 0.29) is 0 Å². The number of likely N-dealkylation sites (N-methyl/N-ethyl adjacent to an activating group) is 1. The van der Waals surface area contributed by atoms with E-state index in [0.29, 0.717) is 12.0 Å². The Labute approximate surface area is 79.8 Å². The van der Waals surface area contributed by atoms with E-state index in [4.69, 9.17) is 10.5 Å². The van der Waals surface area contributed by atoms with Gasteiger partial charge in [0.15, 0.2) is 5.96 Å². The molecule has 1 aliphatic rings. The zero-order chi connectivity index (χ0) is 9.68. The topological polar surface area (TPSA) is 50.8 Å². The Morgan fingerprint density at radius 3 is 3.00 bits per heavy atom. The molecular formula is C9H19N3O. The number of guanidine groups is 1. The van der Waals surface area contributed by atoms with Crippen LogP contribution in [0, 0.1) is 0 Å². The molecule has 1 saturated heterocycles. The molecule has 4 nitrogen and oxygen atoms in total. The van der Waals surface area contributed by atoms with Gasteiger partial charge >= 0.3 is 0 Å². The predicted octanol–water partition coefficient (Wildman–Crippen LogP) is 0.432. The molecule has 4 heteroatoms. The number of hydrogen-bond acceptors (Lipinski definition) is 2. The minimum absolute atomic E-state index is 0.417. The molecule has 1 heterocycles. The van der Waals surface area contributed by atoms with Crippen LogP contribution in [0.5, 0.6) is 0 Å². The van der Waals surface area contributed by atoms with Gasteiger partial charge in [0.1, 0.15) is 0 Å². The number of hydrogen-bond donors (Lipinski definition) is 1. The molecule has 0 aliphatic carbocycles. The summed E-state index contributed by atoms with van der Waals surface area (Å²) in [6.07, 6.45) is 2.09. The van der Waals surface area contributed by atoms with E-state index in [2.05, 4.69) is 11.9 Å². The van der Waals surface area contributed by atoms with Crippen LogP contribution < -0.4 is 5.73 Å². The average molecular weight is 185 g/mol. The van der Waals surface area contributed by atoms with Gasteiger partial charge in [-0.25, -0.2) is 0 Å². The highest BCUT2D eigenvalue weighted by Crippen LogP contribution is 2.09. The summed E-state index contributed by atoms with van der Waals surface area (Å²) in [5.41, 5.74) is 5.80. The van der Waals surface area contributed by atoms with E-state index in [1.54, 1.807) is 0 Å². The van der Waals surface area contributed by atoms with Gasteiger partial charge in [0.25, 0.3) is 0 Å². The third-order valence-corrected chi connectivity index (χ3v) is 2.31. The fourth-order valence-electron chi connectivity index (χ4n) is 1.35. The second-order valence-electron chi connectivity index (χ2n) is 3.37. The summed E-state index contributed by atoms with van der Waals surface area (Å²) in [4.78, 5) is 6.27. The lowest BCUT2D eigenvalue weighted by atomic mass is 10.2. The monoisotopic (exact) mass is 185 g/mol. The van der Waals surface area contributed by atoms with Gasteiger partial charge in [-0.3, -0.25) is 4.99 Å². The minimum Gasteiger partial charge on any atom is -0.379 e. The van der Waals surface area contributed by atoms with E-state index in [9.17, 15) is 0 Å². The van der Waals surface area contributed by atoms with Crippen LogP contribution >= 0.6 is 0 Å². The maximum Gasteiger partial charge on any atom is 0.191 e. The molecule has 1 unspecified atom stereocenters. The predicted molar refractivity (Wildman–Crippen MR) is 53.8 cm³/mol. The van der Waals surface area contributed by atoms with Crippen molar-refractivity contribution < 1.29 is 4.74 Å². The Morgan fingerprint density at radius 1 is 1.69 bits per heavy atom. The van der Waals surface area contributed by atoms with Crippen LogP contribution in [0.1, 0.15) is 19.8 Å². The summed E-state index contributed by atoms with van der Waals surface area (Å²) in [5.74, 6) is 0.636. The van der Waals surface area contributed by atoms with Gasteiger partial charge in [-0.15, -0.1) is 0 Å². The summed E-state index contributed by atoms with van der Waals surface area (Å²) in [6, 6.07) is 0.417. The molecule has 1 aliphatic heterocycles. The maximum atomic E-state index is 5.80. The van der Waals surface area contributed by atoms with Gasteiger partial charge in [-0.1, -0.05) is 6.92 Å². The number of nitrogens with two attached hydrogens (primary N) is 1. The second-order valence-corrected chi connectivity index (χ2v) is 3.37.